The van der Waals surface area contributed by atoms with Gasteiger partial charge in [0.1, 0.15) is 0 Å². The number of rotatable bonds is 3. The summed E-state index contributed by atoms with van der Waals surface area (Å²) in [5.74, 6) is -0.124. The fraction of sp³-hybridized carbons (Fsp3) is 0.778. The Morgan fingerprint density at radius 3 is 2.54 bits per heavy atom. The molecule has 1 heterocycles. The van der Waals surface area contributed by atoms with Crippen LogP contribution in [-0.4, -0.2) is 18.5 Å². The number of amides is 3. The summed E-state index contributed by atoms with van der Waals surface area (Å²) in [6.07, 6.45) is 2.56. The summed E-state index contributed by atoms with van der Waals surface area (Å²) >= 11 is 0. The Hall–Kier alpha value is -1.06. The Labute approximate surface area is 78.1 Å². The summed E-state index contributed by atoms with van der Waals surface area (Å²) in [5.41, 5.74) is -0.372. The minimum atomic E-state index is -0.372. The molecule has 0 spiro atoms. The van der Waals surface area contributed by atoms with Crippen molar-refractivity contribution in [3.05, 3.63) is 0 Å². The van der Waals surface area contributed by atoms with Gasteiger partial charge in [0.25, 0.3) is 0 Å². The maximum Gasteiger partial charge on any atom is 0.321 e. The fourth-order valence-electron chi connectivity index (χ4n) is 1.75. The zero-order valence-electron chi connectivity index (χ0n) is 8.14. The van der Waals surface area contributed by atoms with Crippen LogP contribution in [0.25, 0.3) is 0 Å². The molecule has 1 fully saturated rings. The lowest BCUT2D eigenvalue weighted by Crippen LogP contribution is -2.58. The maximum atomic E-state index is 11.6. The first-order valence-corrected chi connectivity index (χ1v) is 4.74. The van der Waals surface area contributed by atoms with E-state index in [4.69, 9.17) is 0 Å². The highest BCUT2D eigenvalue weighted by molar-refractivity contribution is 5.99. The van der Waals surface area contributed by atoms with Crippen molar-refractivity contribution in [3.8, 4) is 0 Å². The van der Waals surface area contributed by atoms with Gasteiger partial charge in [-0.15, -0.1) is 0 Å². The van der Waals surface area contributed by atoms with Crippen molar-refractivity contribution in [3.63, 3.8) is 0 Å². The van der Waals surface area contributed by atoms with Crippen LogP contribution in [0.3, 0.4) is 0 Å². The van der Waals surface area contributed by atoms with Gasteiger partial charge in [0.05, 0.1) is 5.41 Å². The highest BCUT2D eigenvalue weighted by atomic mass is 16.2. The van der Waals surface area contributed by atoms with Gasteiger partial charge in [-0.1, -0.05) is 20.3 Å². The molecule has 4 heteroatoms. The zero-order chi connectivity index (χ0) is 9.90. The van der Waals surface area contributed by atoms with Crippen molar-refractivity contribution >= 4 is 11.9 Å². The van der Waals surface area contributed by atoms with Crippen LogP contribution in [-0.2, 0) is 4.79 Å². The third-order valence-electron chi connectivity index (χ3n) is 2.70. The van der Waals surface area contributed by atoms with Crippen LogP contribution in [0.1, 0.15) is 33.1 Å². The molecular weight excluding hydrogens is 168 g/mol. The largest absolute Gasteiger partial charge is 0.337 e. The van der Waals surface area contributed by atoms with Crippen LogP contribution in [0.15, 0.2) is 0 Å². The Balaban J connectivity index is 2.74. The van der Waals surface area contributed by atoms with E-state index in [0.717, 1.165) is 19.3 Å². The van der Waals surface area contributed by atoms with Gasteiger partial charge in [0.15, 0.2) is 0 Å². The van der Waals surface area contributed by atoms with Gasteiger partial charge in [0, 0.05) is 6.54 Å². The molecule has 0 aromatic heterocycles. The minimum absolute atomic E-state index is 0.124. The van der Waals surface area contributed by atoms with Crippen molar-refractivity contribution in [2.24, 2.45) is 5.41 Å². The highest BCUT2D eigenvalue weighted by Crippen LogP contribution is 2.29. The summed E-state index contributed by atoms with van der Waals surface area (Å²) in [6, 6.07) is -0.370. The fourth-order valence-corrected chi connectivity index (χ4v) is 1.75. The van der Waals surface area contributed by atoms with Crippen molar-refractivity contribution in [2.45, 2.75) is 33.1 Å². The number of carbonyl (C=O) groups is 2. The van der Waals surface area contributed by atoms with E-state index in [1.54, 1.807) is 0 Å². The van der Waals surface area contributed by atoms with E-state index < -0.39 is 0 Å². The van der Waals surface area contributed by atoms with Gasteiger partial charge < -0.3 is 5.32 Å². The molecule has 0 aromatic rings. The zero-order valence-corrected chi connectivity index (χ0v) is 8.14. The minimum Gasteiger partial charge on any atom is -0.337 e. The SMILES string of the molecule is CCCC1(CC)CNC(=O)NC1=O. The monoisotopic (exact) mass is 184 g/mol. The summed E-state index contributed by atoms with van der Waals surface area (Å²) < 4.78 is 0. The average molecular weight is 184 g/mol. The second kappa shape index (κ2) is 3.77. The van der Waals surface area contributed by atoms with E-state index in [1.165, 1.54) is 0 Å². The van der Waals surface area contributed by atoms with E-state index >= 15 is 0 Å². The number of imide groups is 1. The second-order valence-electron chi connectivity index (χ2n) is 3.52. The molecule has 1 atom stereocenters. The van der Waals surface area contributed by atoms with Crippen LogP contribution in [0, 0.1) is 5.41 Å². The molecule has 0 radical (unpaired) electrons. The lowest BCUT2D eigenvalue weighted by molar-refractivity contribution is -0.131. The molecule has 1 saturated heterocycles. The third kappa shape index (κ3) is 1.82. The lowest BCUT2D eigenvalue weighted by atomic mass is 9.79. The molecule has 0 bridgehead atoms. The van der Waals surface area contributed by atoms with Crippen molar-refractivity contribution < 1.29 is 9.59 Å². The van der Waals surface area contributed by atoms with Crippen LogP contribution >= 0.6 is 0 Å². The summed E-state index contributed by atoms with van der Waals surface area (Å²) in [6.45, 7) is 4.50. The number of hydrogen-bond donors (Lipinski definition) is 2. The smallest absolute Gasteiger partial charge is 0.321 e. The predicted octanol–water partition coefficient (Wildman–Crippen LogP) is 1.02. The third-order valence-corrected chi connectivity index (χ3v) is 2.70. The first-order chi connectivity index (χ1) is 6.14. The standard InChI is InChI=1S/C9H16N2O2/c1-3-5-9(4-2)6-10-8(13)11-7(9)12/h3-6H2,1-2H3,(H2,10,11,12,13). The van der Waals surface area contributed by atoms with Gasteiger partial charge in [0.2, 0.25) is 5.91 Å². The average Bonchev–Trinajstić information content (AvgIpc) is 2.11. The first-order valence-electron chi connectivity index (χ1n) is 4.74. The van der Waals surface area contributed by atoms with Gasteiger partial charge in [-0.05, 0) is 12.8 Å². The van der Waals surface area contributed by atoms with E-state index in [9.17, 15) is 9.59 Å². The van der Waals surface area contributed by atoms with Crippen LogP contribution in [0.4, 0.5) is 4.79 Å². The molecule has 0 aromatic carbocycles. The van der Waals surface area contributed by atoms with E-state index in [1.807, 2.05) is 13.8 Å². The normalized spacial score (nSPS) is 28.2. The maximum absolute atomic E-state index is 11.6. The highest BCUT2D eigenvalue weighted by Gasteiger charge is 2.40. The van der Waals surface area contributed by atoms with Crippen molar-refractivity contribution in [2.75, 3.05) is 6.54 Å². The first kappa shape index (κ1) is 10.0. The Kier molecular flexibility index (Phi) is 2.90. The molecule has 1 unspecified atom stereocenters. The van der Waals surface area contributed by atoms with Gasteiger partial charge >= 0.3 is 6.03 Å². The molecular formula is C9H16N2O2. The number of nitrogens with one attached hydrogen (secondary N) is 2. The second-order valence-corrected chi connectivity index (χ2v) is 3.52. The molecule has 0 aliphatic carbocycles. The van der Waals surface area contributed by atoms with Crippen LogP contribution in [0.5, 0.6) is 0 Å². The number of hydrogen-bond acceptors (Lipinski definition) is 2. The van der Waals surface area contributed by atoms with Gasteiger partial charge in [-0.25, -0.2) is 4.79 Å². The molecule has 3 amide bonds. The Morgan fingerprint density at radius 1 is 1.38 bits per heavy atom. The van der Waals surface area contributed by atoms with E-state index in [-0.39, 0.29) is 17.4 Å². The Morgan fingerprint density at radius 2 is 2.08 bits per heavy atom. The molecule has 1 rings (SSSR count). The molecule has 13 heavy (non-hydrogen) atoms. The molecule has 2 N–H and O–H groups in total. The van der Waals surface area contributed by atoms with E-state index in [0.29, 0.717) is 6.54 Å². The summed E-state index contributed by atoms with van der Waals surface area (Å²) in [5, 5.41) is 4.99. The molecule has 1 aliphatic heterocycles. The number of urea groups is 1. The Bertz CT molecular complexity index is 228. The quantitative estimate of drug-likeness (QED) is 0.688. The lowest BCUT2D eigenvalue weighted by Gasteiger charge is -2.34. The predicted molar refractivity (Wildman–Crippen MR) is 49.2 cm³/mol. The molecule has 74 valence electrons. The van der Waals surface area contributed by atoms with Crippen molar-refractivity contribution in [1.29, 1.82) is 0 Å². The molecule has 4 nitrogen and oxygen atoms in total. The molecule has 0 saturated carbocycles. The van der Waals surface area contributed by atoms with Gasteiger partial charge in [-0.3, -0.25) is 10.1 Å². The van der Waals surface area contributed by atoms with Crippen molar-refractivity contribution in [1.82, 2.24) is 10.6 Å². The number of carbonyl (C=O) groups excluding carboxylic acids is 2. The molecule has 1 aliphatic rings. The summed E-state index contributed by atoms with van der Waals surface area (Å²) in [7, 11) is 0. The van der Waals surface area contributed by atoms with Crippen LogP contribution < -0.4 is 10.6 Å². The van der Waals surface area contributed by atoms with Crippen LogP contribution in [0.2, 0.25) is 0 Å². The van der Waals surface area contributed by atoms with E-state index in [2.05, 4.69) is 10.6 Å². The summed E-state index contributed by atoms with van der Waals surface area (Å²) in [4.78, 5) is 22.4. The van der Waals surface area contributed by atoms with Gasteiger partial charge in [-0.2, -0.15) is 0 Å². The topological polar surface area (TPSA) is 58.2 Å².